The first-order valence-electron chi connectivity index (χ1n) is 24.1. The van der Waals surface area contributed by atoms with Gasteiger partial charge in [0.1, 0.15) is 11.8 Å². The van der Waals surface area contributed by atoms with E-state index < -0.39 is 17.4 Å². The molecule has 12 heteroatoms. The standard InChI is InChI=1S/C52H76N6O6/c1-34(2)38-20-25-52(47(63)53-31-37-33-58(55-54-37)32-36(30-35-14-12-11-13-15-35)46(62)57(10)29-28-56(8)9)27-26-50(6)39(45(38)52)16-17-41-49(5)23-22-42(64-44(61)19-18-43(59)60)48(3,4)40(49)21-24-51(41,50)7/h11-15,30,33,38-42,45H,1,16-29,31-32H2,2-10H3,(H,53,63)(H,59,60)/b36-30+/t38-,39+,40-,41+,42-,45+,49-,50+,51+,52-/m0/s1. The number of rotatable bonds is 15. The van der Waals surface area contributed by atoms with E-state index in [1.54, 1.807) is 9.58 Å². The lowest BCUT2D eigenvalue weighted by molar-refractivity contribution is -0.249. The van der Waals surface area contributed by atoms with E-state index in [1.165, 1.54) is 5.57 Å². The van der Waals surface area contributed by atoms with Gasteiger partial charge in [0.25, 0.3) is 5.91 Å². The Morgan fingerprint density at radius 2 is 1.62 bits per heavy atom. The molecule has 10 atom stereocenters. The fourth-order valence-corrected chi connectivity index (χ4v) is 14.8. The minimum atomic E-state index is -0.982. The molecule has 2 N–H and O–H groups in total. The molecule has 0 spiro atoms. The SMILES string of the molecule is C=C(C)[C@@H]1CC[C@]2(C(=O)NCc3cn(C/C(=C\c4ccccc4)C(=O)N(C)CCN(C)C)nn3)CC[C@]3(C)[C@H](CC[C@@H]4[C@@]5(C)CC[C@H](OC(=O)CCC(=O)O)C(C)(C)[C@@H]5CC[C@]43C)[C@@H]12. The van der Waals surface area contributed by atoms with Gasteiger partial charge >= 0.3 is 11.9 Å². The molecule has 5 saturated carbocycles. The Morgan fingerprint density at radius 3 is 2.31 bits per heavy atom. The van der Waals surface area contributed by atoms with Gasteiger partial charge in [0.15, 0.2) is 0 Å². The summed E-state index contributed by atoms with van der Waals surface area (Å²) in [5.74, 6) is 0.454. The number of aliphatic carboxylic acids is 1. The number of carbonyl (C=O) groups excluding carboxylic acids is 3. The highest BCUT2D eigenvalue weighted by atomic mass is 16.5. The number of allylic oxidation sites excluding steroid dienone is 1. The number of carbonyl (C=O) groups is 4. The van der Waals surface area contributed by atoms with Gasteiger partial charge in [-0.05, 0) is 143 Å². The maximum Gasteiger partial charge on any atom is 0.306 e. The molecule has 1 heterocycles. The van der Waals surface area contributed by atoms with Gasteiger partial charge in [0.05, 0.1) is 37.5 Å². The van der Waals surface area contributed by atoms with Crippen molar-refractivity contribution in [2.24, 2.45) is 56.7 Å². The van der Waals surface area contributed by atoms with E-state index in [0.29, 0.717) is 35.6 Å². The van der Waals surface area contributed by atoms with E-state index in [0.717, 1.165) is 76.3 Å². The number of hydrogen-bond acceptors (Lipinski definition) is 8. The number of esters is 1. The van der Waals surface area contributed by atoms with Crippen LogP contribution in [0.4, 0.5) is 0 Å². The highest BCUT2D eigenvalue weighted by Gasteiger charge is 2.72. The Labute approximate surface area is 382 Å². The van der Waals surface area contributed by atoms with Gasteiger partial charge in [-0.15, -0.1) is 5.10 Å². The smallest absolute Gasteiger partial charge is 0.306 e. The van der Waals surface area contributed by atoms with Crippen LogP contribution >= 0.6 is 0 Å². The van der Waals surface area contributed by atoms with Crippen LogP contribution in [0.3, 0.4) is 0 Å². The van der Waals surface area contributed by atoms with Crippen LogP contribution in [0, 0.1) is 56.7 Å². The number of fused-ring (bicyclic) bond motifs is 7. The zero-order valence-corrected chi connectivity index (χ0v) is 40.3. The molecular formula is C52H76N6O6. The number of ether oxygens (including phenoxy) is 1. The van der Waals surface area contributed by atoms with Crippen molar-refractivity contribution in [2.75, 3.05) is 34.2 Å². The number of carboxylic acids is 1. The molecule has 0 bridgehead atoms. The van der Waals surface area contributed by atoms with Gasteiger partial charge in [-0.25, -0.2) is 4.68 Å². The zero-order chi connectivity index (χ0) is 46.4. The summed E-state index contributed by atoms with van der Waals surface area (Å²) >= 11 is 0. The Bertz CT molecular complexity index is 2110. The van der Waals surface area contributed by atoms with Crippen LogP contribution in [0.2, 0.25) is 0 Å². The lowest BCUT2D eigenvalue weighted by atomic mass is 9.32. The van der Waals surface area contributed by atoms with Crippen molar-refractivity contribution in [3.63, 3.8) is 0 Å². The summed E-state index contributed by atoms with van der Waals surface area (Å²) in [7, 11) is 5.82. The minimum Gasteiger partial charge on any atom is -0.481 e. The maximum atomic E-state index is 14.9. The van der Waals surface area contributed by atoms with Crippen molar-refractivity contribution in [2.45, 2.75) is 138 Å². The Balaban J connectivity index is 1.07. The van der Waals surface area contributed by atoms with Crippen LogP contribution in [-0.4, -0.2) is 94.0 Å². The average molecular weight is 881 g/mol. The van der Waals surface area contributed by atoms with Crippen LogP contribution in [0.1, 0.15) is 130 Å². The number of aromatic nitrogens is 3. The van der Waals surface area contributed by atoms with Crippen molar-refractivity contribution < 1.29 is 29.0 Å². The molecule has 1 aromatic carbocycles. The summed E-state index contributed by atoms with van der Waals surface area (Å²) in [6.45, 7) is 20.8. The molecule has 12 nitrogen and oxygen atoms in total. The molecular weight excluding hydrogens is 805 g/mol. The normalized spacial score (nSPS) is 34.1. The first-order valence-corrected chi connectivity index (χ1v) is 24.1. The second kappa shape index (κ2) is 18.2. The second-order valence-corrected chi connectivity index (χ2v) is 22.3. The first-order chi connectivity index (χ1) is 30.2. The number of benzene rings is 1. The third-order valence-electron chi connectivity index (χ3n) is 18.3. The molecule has 0 aliphatic heterocycles. The van der Waals surface area contributed by atoms with E-state index >= 15 is 0 Å². The predicted molar refractivity (Wildman–Crippen MR) is 248 cm³/mol. The van der Waals surface area contributed by atoms with Gasteiger partial charge in [0, 0.05) is 31.1 Å². The van der Waals surface area contributed by atoms with E-state index in [1.807, 2.05) is 63.7 Å². The Morgan fingerprint density at radius 1 is 0.891 bits per heavy atom. The van der Waals surface area contributed by atoms with Crippen LogP contribution in [0.5, 0.6) is 0 Å². The molecule has 2 amide bonds. The van der Waals surface area contributed by atoms with Gasteiger partial charge in [-0.1, -0.05) is 82.3 Å². The summed E-state index contributed by atoms with van der Waals surface area (Å²) in [6, 6.07) is 9.85. The van der Waals surface area contributed by atoms with Gasteiger partial charge in [-0.2, -0.15) is 0 Å². The van der Waals surface area contributed by atoms with Crippen molar-refractivity contribution in [3.05, 3.63) is 65.5 Å². The van der Waals surface area contributed by atoms with Crippen molar-refractivity contribution in [1.29, 1.82) is 0 Å². The minimum absolute atomic E-state index is 0.0479. The number of nitrogens with zero attached hydrogens (tertiary/aromatic N) is 5. The topological polar surface area (TPSA) is 147 Å². The highest BCUT2D eigenvalue weighted by Crippen LogP contribution is 2.77. The third-order valence-corrected chi connectivity index (χ3v) is 18.3. The molecule has 0 saturated heterocycles. The molecule has 5 fully saturated rings. The monoisotopic (exact) mass is 881 g/mol. The van der Waals surface area contributed by atoms with E-state index in [9.17, 15) is 19.2 Å². The number of likely N-dealkylation sites (N-methyl/N-ethyl adjacent to an activating group) is 2. The molecule has 0 unspecified atom stereocenters. The van der Waals surface area contributed by atoms with Crippen molar-refractivity contribution in [3.8, 4) is 0 Å². The summed E-state index contributed by atoms with van der Waals surface area (Å²) < 4.78 is 7.77. The molecule has 64 heavy (non-hydrogen) atoms. The Hall–Kier alpha value is -4.32. The summed E-state index contributed by atoms with van der Waals surface area (Å²) in [5.41, 5.74) is 2.90. The predicted octanol–water partition coefficient (Wildman–Crippen LogP) is 8.43. The largest absolute Gasteiger partial charge is 0.481 e. The van der Waals surface area contributed by atoms with Crippen LogP contribution in [0.15, 0.2) is 54.3 Å². The molecule has 2 aromatic rings. The van der Waals surface area contributed by atoms with Gasteiger partial charge in [-0.3, -0.25) is 19.2 Å². The van der Waals surface area contributed by atoms with Crippen LogP contribution in [-0.2, 0) is 37.0 Å². The lowest BCUT2D eigenvalue weighted by Crippen LogP contribution is -2.67. The average Bonchev–Trinajstić information content (AvgIpc) is 3.87. The number of amides is 2. The number of hydrogen-bond donors (Lipinski definition) is 2. The van der Waals surface area contributed by atoms with E-state index in [4.69, 9.17) is 9.84 Å². The highest BCUT2D eigenvalue weighted by molar-refractivity contribution is 5.97. The van der Waals surface area contributed by atoms with Crippen molar-refractivity contribution >= 4 is 29.8 Å². The molecule has 5 aliphatic rings. The quantitative estimate of drug-likeness (QED) is 0.102. The zero-order valence-electron chi connectivity index (χ0n) is 40.3. The maximum absolute atomic E-state index is 14.9. The summed E-state index contributed by atoms with van der Waals surface area (Å²) in [6.07, 6.45) is 13.1. The third kappa shape index (κ3) is 8.61. The van der Waals surface area contributed by atoms with Gasteiger partial charge < -0.3 is 25.0 Å². The Kier molecular flexibility index (Phi) is 13.5. The second-order valence-electron chi connectivity index (χ2n) is 22.3. The molecule has 0 radical (unpaired) electrons. The molecule has 7 rings (SSSR count). The molecule has 5 aliphatic carbocycles. The van der Waals surface area contributed by atoms with E-state index in [2.05, 4.69) is 68.7 Å². The van der Waals surface area contributed by atoms with Crippen LogP contribution < -0.4 is 5.32 Å². The summed E-state index contributed by atoms with van der Waals surface area (Å²) in [5, 5.41) is 21.4. The van der Waals surface area contributed by atoms with Crippen molar-refractivity contribution in [1.82, 2.24) is 30.1 Å². The fourth-order valence-electron chi connectivity index (χ4n) is 14.8. The summed E-state index contributed by atoms with van der Waals surface area (Å²) in [4.78, 5) is 56.4. The fraction of sp³-hybridized carbons (Fsp3) is 0.692. The molecule has 350 valence electrons. The molecule has 1 aromatic heterocycles. The lowest BCUT2D eigenvalue weighted by Gasteiger charge is -2.72. The number of carboxylic acid groups (broad SMARTS) is 1. The number of nitrogens with one attached hydrogen (secondary N) is 1. The van der Waals surface area contributed by atoms with Gasteiger partial charge in [0.2, 0.25) is 5.91 Å². The van der Waals surface area contributed by atoms with Crippen LogP contribution in [0.25, 0.3) is 6.08 Å². The first kappa shape index (κ1) is 47.6. The van der Waals surface area contributed by atoms with E-state index in [-0.39, 0.29) is 77.3 Å².